The molecule has 1 amide bonds. The summed E-state index contributed by atoms with van der Waals surface area (Å²) in [7, 11) is 0. The summed E-state index contributed by atoms with van der Waals surface area (Å²) < 4.78 is 5.69. The SMILES string of the molecule is CC(C)Oc1cccc(CC(=O)Nc2cccc(CSc3ccccn3)c2)c1. The van der Waals surface area contributed by atoms with Crippen molar-refractivity contribution in [2.75, 3.05) is 5.32 Å². The number of carbonyl (C=O) groups excluding carboxylic acids is 1. The van der Waals surface area contributed by atoms with E-state index in [1.165, 1.54) is 0 Å². The molecule has 4 nitrogen and oxygen atoms in total. The molecule has 0 bridgehead atoms. The summed E-state index contributed by atoms with van der Waals surface area (Å²) in [4.78, 5) is 16.8. The number of thioether (sulfide) groups is 1. The Kier molecular flexibility index (Phi) is 7.09. The van der Waals surface area contributed by atoms with Gasteiger partial charge in [0.05, 0.1) is 17.6 Å². The van der Waals surface area contributed by atoms with Gasteiger partial charge in [0.15, 0.2) is 0 Å². The number of carbonyl (C=O) groups is 1. The fourth-order valence-corrected chi connectivity index (χ4v) is 3.52. The summed E-state index contributed by atoms with van der Waals surface area (Å²) >= 11 is 1.67. The molecule has 2 aromatic carbocycles. The topological polar surface area (TPSA) is 51.2 Å². The number of hydrogen-bond donors (Lipinski definition) is 1. The van der Waals surface area contributed by atoms with Crippen molar-refractivity contribution < 1.29 is 9.53 Å². The number of ether oxygens (including phenoxy) is 1. The highest BCUT2D eigenvalue weighted by atomic mass is 32.2. The average molecular weight is 393 g/mol. The van der Waals surface area contributed by atoms with Gasteiger partial charge in [-0.2, -0.15) is 0 Å². The molecule has 0 saturated heterocycles. The Morgan fingerprint density at radius 1 is 1.04 bits per heavy atom. The molecule has 0 saturated carbocycles. The summed E-state index contributed by atoms with van der Waals surface area (Å²) in [5, 5.41) is 3.97. The molecule has 0 aliphatic carbocycles. The van der Waals surface area contributed by atoms with Gasteiger partial charge in [-0.15, -0.1) is 11.8 Å². The highest BCUT2D eigenvalue weighted by Crippen LogP contribution is 2.22. The van der Waals surface area contributed by atoms with Gasteiger partial charge in [-0.1, -0.05) is 30.3 Å². The Morgan fingerprint density at radius 3 is 2.64 bits per heavy atom. The zero-order chi connectivity index (χ0) is 19.8. The smallest absolute Gasteiger partial charge is 0.228 e. The number of anilines is 1. The summed E-state index contributed by atoms with van der Waals surface area (Å²) in [5.41, 5.74) is 2.87. The first kappa shape index (κ1) is 20.0. The first-order chi connectivity index (χ1) is 13.6. The van der Waals surface area contributed by atoms with E-state index in [9.17, 15) is 4.79 Å². The number of benzene rings is 2. The van der Waals surface area contributed by atoms with Crippen LogP contribution in [0.2, 0.25) is 0 Å². The molecule has 1 N–H and O–H groups in total. The van der Waals surface area contributed by atoms with Crippen molar-refractivity contribution in [3.63, 3.8) is 0 Å². The largest absolute Gasteiger partial charge is 0.491 e. The number of nitrogens with zero attached hydrogens (tertiary/aromatic N) is 1. The van der Waals surface area contributed by atoms with Gasteiger partial charge in [0, 0.05) is 17.6 Å². The second-order valence-electron chi connectivity index (χ2n) is 6.70. The lowest BCUT2D eigenvalue weighted by atomic mass is 10.1. The Labute approximate surface area is 170 Å². The molecule has 0 spiro atoms. The number of hydrogen-bond acceptors (Lipinski definition) is 4. The molecule has 0 aliphatic rings. The molecule has 0 atom stereocenters. The molecule has 1 aromatic heterocycles. The number of amides is 1. The maximum atomic E-state index is 12.4. The minimum atomic E-state index is -0.0452. The number of pyridine rings is 1. The first-order valence-electron chi connectivity index (χ1n) is 9.27. The Bertz CT molecular complexity index is 913. The van der Waals surface area contributed by atoms with E-state index in [4.69, 9.17) is 4.74 Å². The second kappa shape index (κ2) is 9.95. The monoisotopic (exact) mass is 392 g/mol. The Balaban J connectivity index is 1.57. The maximum Gasteiger partial charge on any atom is 0.228 e. The van der Waals surface area contributed by atoms with E-state index in [-0.39, 0.29) is 12.0 Å². The van der Waals surface area contributed by atoms with Crippen LogP contribution in [0, 0.1) is 0 Å². The van der Waals surface area contributed by atoms with Crippen LogP contribution in [0.15, 0.2) is 78.0 Å². The van der Waals surface area contributed by atoms with Gasteiger partial charge in [0.1, 0.15) is 5.75 Å². The van der Waals surface area contributed by atoms with Gasteiger partial charge in [-0.25, -0.2) is 4.98 Å². The van der Waals surface area contributed by atoms with Gasteiger partial charge in [-0.3, -0.25) is 4.79 Å². The van der Waals surface area contributed by atoms with Gasteiger partial charge in [0.2, 0.25) is 5.91 Å². The first-order valence-corrected chi connectivity index (χ1v) is 10.3. The maximum absolute atomic E-state index is 12.4. The van der Waals surface area contributed by atoms with Crippen LogP contribution in [0.25, 0.3) is 0 Å². The lowest BCUT2D eigenvalue weighted by Gasteiger charge is -2.11. The molecule has 1 heterocycles. The zero-order valence-corrected chi connectivity index (χ0v) is 16.9. The summed E-state index contributed by atoms with van der Waals surface area (Å²) in [5.74, 6) is 1.54. The van der Waals surface area contributed by atoms with Gasteiger partial charge in [0.25, 0.3) is 0 Å². The van der Waals surface area contributed by atoms with Crippen LogP contribution >= 0.6 is 11.8 Å². The molecule has 5 heteroatoms. The molecule has 0 unspecified atom stereocenters. The third kappa shape index (κ3) is 6.43. The molecule has 144 valence electrons. The van der Waals surface area contributed by atoms with Crippen molar-refractivity contribution in [2.45, 2.75) is 37.2 Å². The fourth-order valence-electron chi connectivity index (χ4n) is 2.72. The molecule has 0 aliphatic heterocycles. The van der Waals surface area contributed by atoms with Crippen LogP contribution in [-0.4, -0.2) is 17.0 Å². The van der Waals surface area contributed by atoms with Crippen LogP contribution in [0.4, 0.5) is 5.69 Å². The summed E-state index contributed by atoms with van der Waals surface area (Å²) in [6.07, 6.45) is 2.21. The van der Waals surface area contributed by atoms with Crippen LogP contribution in [0.3, 0.4) is 0 Å². The number of rotatable bonds is 8. The number of nitrogens with one attached hydrogen (secondary N) is 1. The van der Waals surface area contributed by atoms with E-state index in [0.717, 1.165) is 33.3 Å². The highest BCUT2D eigenvalue weighted by molar-refractivity contribution is 7.98. The quantitative estimate of drug-likeness (QED) is 0.526. The normalized spacial score (nSPS) is 10.7. The van der Waals surface area contributed by atoms with Gasteiger partial charge >= 0.3 is 0 Å². The molecular formula is C23H24N2O2S. The van der Waals surface area contributed by atoms with Gasteiger partial charge in [-0.05, 0) is 61.4 Å². The van der Waals surface area contributed by atoms with E-state index < -0.39 is 0 Å². The third-order valence-corrected chi connectivity index (χ3v) is 4.89. The minimum Gasteiger partial charge on any atom is -0.491 e. The predicted molar refractivity (Wildman–Crippen MR) is 115 cm³/mol. The number of aromatic nitrogens is 1. The van der Waals surface area contributed by atoms with Crippen molar-refractivity contribution in [1.82, 2.24) is 4.98 Å². The summed E-state index contributed by atoms with van der Waals surface area (Å²) in [6.45, 7) is 3.97. The average Bonchev–Trinajstić information content (AvgIpc) is 2.67. The van der Waals surface area contributed by atoms with E-state index >= 15 is 0 Å². The zero-order valence-electron chi connectivity index (χ0n) is 16.1. The lowest BCUT2D eigenvalue weighted by Crippen LogP contribution is -2.14. The molecule has 3 rings (SSSR count). The molecule has 0 radical (unpaired) electrons. The van der Waals surface area contributed by atoms with Crippen molar-refractivity contribution in [3.8, 4) is 5.75 Å². The van der Waals surface area contributed by atoms with E-state index in [1.54, 1.807) is 18.0 Å². The molecule has 28 heavy (non-hydrogen) atoms. The van der Waals surface area contributed by atoms with Crippen LogP contribution in [0.1, 0.15) is 25.0 Å². The fraction of sp³-hybridized carbons (Fsp3) is 0.217. The molecule has 3 aromatic rings. The molecular weight excluding hydrogens is 368 g/mol. The van der Waals surface area contributed by atoms with Crippen molar-refractivity contribution in [1.29, 1.82) is 0 Å². The third-order valence-electron chi connectivity index (χ3n) is 3.87. The van der Waals surface area contributed by atoms with Crippen molar-refractivity contribution in [3.05, 3.63) is 84.1 Å². The Morgan fingerprint density at radius 2 is 1.86 bits per heavy atom. The molecule has 0 fully saturated rings. The highest BCUT2D eigenvalue weighted by Gasteiger charge is 2.07. The van der Waals surface area contributed by atoms with Crippen LogP contribution in [0.5, 0.6) is 5.75 Å². The second-order valence-corrected chi connectivity index (χ2v) is 7.69. The van der Waals surface area contributed by atoms with E-state index in [1.807, 2.05) is 74.5 Å². The predicted octanol–water partition coefficient (Wildman–Crippen LogP) is 5.34. The van der Waals surface area contributed by atoms with Crippen molar-refractivity contribution in [2.24, 2.45) is 0 Å². The van der Waals surface area contributed by atoms with E-state index in [2.05, 4.69) is 16.4 Å². The Hall–Kier alpha value is -2.79. The van der Waals surface area contributed by atoms with E-state index in [0.29, 0.717) is 6.42 Å². The summed E-state index contributed by atoms with van der Waals surface area (Å²) in [6, 6.07) is 21.5. The minimum absolute atomic E-state index is 0.0452. The standard InChI is InChI=1S/C23H24N2O2S/c1-17(2)27-21-10-6-7-18(14-21)15-22(26)25-20-9-5-8-19(13-20)16-28-23-11-3-4-12-24-23/h3-14,17H,15-16H2,1-2H3,(H,25,26). The van der Waals surface area contributed by atoms with Gasteiger partial charge < -0.3 is 10.1 Å². The van der Waals surface area contributed by atoms with Crippen molar-refractivity contribution >= 4 is 23.4 Å². The lowest BCUT2D eigenvalue weighted by molar-refractivity contribution is -0.115. The van der Waals surface area contributed by atoms with Crippen LogP contribution in [-0.2, 0) is 17.0 Å². The van der Waals surface area contributed by atoms with Crippen LogP contribution < -0.4 is 10.1 Å².